The second-order valence-corrected chi connectivity index (χ2v) is 3.61. The average molecular weight is 220 g/mol. The Kier molecular flexibility index (Phi) is 3.41. The molecule has 4 nitrogen and oxygen atoms in total. The SMILES string of the molecule is COCCCn1ccc2c(OC)nccc21. The van der Waals surface area contributed by atoms with Crippen molar-refractivity contribution in [1.82, 2.24) is 9.55 Å². The molecule has 16 heavy (non-hydrogen) atoms. The summed E-state index contributed by atoms with van der Waals surface area (Å²) >= 11 is 0. The van der Waals surface area contributed by atoms with Crippen LogP contribution in [0.1, 0.15) is 6.42 Å². The van der Waals surface area contributed by atoms with Gasteiger partial charge in [0.05, 0.1) is 18.0 Å². The second-order valence-electron chi connectivity index (χ2n) is 3.61. The fraction of sp³-hybridized carbons (Fsp3) is 0.417. The van der Waals surface area contributed by atoms with Crippen molar-refractivity contribution in [1.29, 1.82) is 0 Å². The van der Waals surface area contributed by atoms with Crippen LogP contribution >= 0.6 is 0 Å². The first kappa shape index (κ1) is 11.0. The summed E-state index contributed by atoms with van der Waals surface area (Å²) in [6.07, 6.45) is 4.84. The number of fused-ring (bicyclic) bond motifs is 1. The van der Waals surface area contributed by atoms with Gasteiger partial charge in [-0.1, -0.05) is 0 Å². The van der Waals surface area contributed by atoms with Gasteiger partial charge in [0.15, 0.2) is 0 Å². The molecule has 2 rings (SSSR count). The molecule has 0 N–H and O–H groups in total. The molecule has 0 saturated carbocycles. The minimum atomic E-state index is 0.683. The molecule has 86 valence electrons. The van der Waals surface area contributed by atoms with Gasteiger partial charge in [-0.15, -0.1) is 0 Å². The smallest absolute Gasteiger partial charge is 0.222 e. The zero-order valence-electron chi connectivity index (χ0n) is 9.64. The quantitative estimate of drug-likeness (QED) is 0.724. The predicted molar refractivity (Wildman–Crippen MR) is 62.8 cm³/mol. The molecule has 2 heterocycles. The van der Waals surface area contributed by atoms with E-state index in [9.17, 15) is 0 Å². The van der Waals surface area contributed by atoms with E-state index in [0.717, 1.165) is 30.5 Å². The van der Waals surface area contributed by atoms with Crippen LogP contribution in [0.3, 0.4) is 0 Å². The first-order valence-corrected chi connectivity index (χ1v) is 5.33. The van der Waals surface area contributed by atoms with Crippen LogP contribution in [0.2, 0.25) is 0 Å². The van der Waals surface area contributed by atoms with E-state index in [1.165, 1.54) is 0 Å². The summed E-state index contributed by atoms with van der Waals surface area (Å²) in [6, 6.07) is 4.04. The number of methoxy groups -OCH3 is 2. The Morgan fingerprint density at radius 1 is 1.31 bits per heavy atom. The van der Waals surface area contributed by atoms with Crippen molar-refractivity contribution in [3.05, 3.63) is 24.5 Å². The van der Waals surface area contributed by atoms with Crippen molar-refractivity contribution in [3.8, 4) is 5.88 Å². The van der Waals surface area contributed by atoms with E-state index >= 15 is 0 Å². The van der Waals surface area contributed by atoms with E-state index < -0.39 is 0 Å². The summed E-state index contributed by atoms with van der Waals surface area (Å²) < 4.78 is 12.5. The Bertz CT molecular complexity index is 465. The number of ether oxygens (including phenoxy) is 2. The van der Waals surface area contributed by atoms with Gasteiger partial charge in [-0.05, 0) is 18.6 Å². The van der Waals surface area contributed by atoms with Crippen molar-refractivity contribution in [2.45, 2.75) is 13.0 Å². The molecule has 2 aromatic heterocycles. The zero-order valence-corrected chi connectivity index (χ0v) is 9.64. The van der Waals surface area contributed by atoms with Gasteiger partial charge in [-0.25, -0.2) is 4.98 Å². The van der Waals surface area contributed by atoms with Crippen LogP contribution in [-0.2, 0) is 11.3 Å². The lowest BCUT2D eigenvalue weighted by Gasteiger charge is -2.05. The summed E-state index contributed by atoms with van der Waals surface area (Å²) in [7, 11) is 3.37. The largest absolute Gasteiger partial charge is 0.481 e. The van der Waals surface area contributed by atoms with Gasteiger partial charge in [-0.2, -0.15) is 0 Å². The van der Waals surface area contributed by atoms with E-state index in [2.05, 4.69) is 15.7 Å². The van der Waals surface area contributed by atoms with Crippen LogP contribution in [0.25, 0.3) is 10.9 Å². The number of hydrogen-bond acceptors (Lipinski definition) is 3. The fourth-order valence-corrected chi connectivity index (χ4v) is 1.83. The monoisotopic (exact) mass is 220 g/mol. The van der Waals surface area contributed by atoms with Crippen LogP contribution in [0.5, 0.6) is 5.88 Å². The summed E-state index contributed by atoms with van der Waals surface area (Å²) in [5.74, 6) is 0.683. The van der Waals surface area contributed by atoms with Crippen LogP contribution in [0.15, 0.2) is 24.5 Å². The summed E-state index contributed by atoms with van der Waals surface area (Å²) in [5.41, 5.74) is 1.16. The van der Waals surface area contributed by atoms with Crippen LogP contribution in [0, 0.1) is 0 Å². The van der Waals surface area contributed by atoms with Gasteiger partial charge in [0, 0.05) is 32.7 Å². The molecule has 0 unspecified atom stereocenters. The predicted octanol–water partition coefficient (Wildman–Crippen LogP) is 2.08. The standard InChI is InChI=1S/C12H16N2O2/c1-15-9-3-7-14-8-5-10-11(14)4-6-13-12(10)16-2/h4-6,8H,3,7,9H2,1-2H3. The molecule has 0 atom stereocenters. The third kappa shape index (κ3) is 2.02. The van der Waals surface area contributed by atoms with Crippen LogP contribution in [-0.4, -0.2) is 30.4 Å². The molecule has 4 heteroatoms. The molecule has 0 amide bonds. The summed E-state index contributed by atoms with van der Waals surface area (Å²) in [5, 5.41) is 1.06. The highest BCUT2D eigenvalue weighted by molar-refractivity contribution is 5.84. The lowest BCUT2D eigenvalue weighted by atomic mass is 10.3. The summed E-state index contributed by atoms with van der Waals surface area (Å²) in [6.45, 7) is 1.73. The van der Waals surface area contributed by atoms with Gasteiger partial charge in [0.1, 0.15) is 0 Å². The highest BCUT2D eigenvalue weighted by atomic mass is 16.5. The van der Waals surface area contributed by atoms with E-state index in [1.54, 1.807) is 20.4 Å². The molecular formula is C12H16N2O2. The minimum Gasteiger partial charge on any atom is -0.481 e. The first-order chi connectivity index (χ1) is 7.86. The van der Waals surface area contributed by atoms with Gasteiger partial charge in [-0.3, -0.25) is 0 Å². The Morgan fingerprint density at radius 2 is 2.19 bits per heavy atom. The van der Waals surface area contributed by atoms with Gasteiger partial charge in [0.2, 0.25) is 5.88 Å². The van der Waals surface area contributed by atoms with E-state index in [0.29, 0.717) is 5.88 Å². The van der Waals surface area contributed by atoms with Crippen molar-refractivity contribution >= 4 is 10.9 Å². The van der Waals surface area contributed by atoms with Crippen molar-refractivity contribution in [3.63, 3.8) is 0 Å². The highest BCUT2D eigenvalue weighted by Gasteiger charge is 2.06. The Morgan fingerprint density at radius 3 is 2.94 bits per heavy atom. The Labute approximate surface area is 94.8 Å². The second kappa shape index (κ2) is 4.99. The molecule has 0 aliphatic rings. The first-order valence-electron chi connectivity index (χ1n) is 5.33. The normalized spacial score (nSPS) is 10.9. The minimum absolute atomic E-state index is 0.683. The summed E-state index contributed by atoms with van der Waals surface area (Å²) in [4.78, 5) is 4.17. The maximum Gasteiger partial charge on any atom is 0.222 e. The van der Waals surface area contributed by atoms with Crippen molar-refractivity contribution < 1.29 is 9.47 Å². The third-order valence-electron chi connectivity index (χ3n) is 2.60. The van der Waals surface area contributed by atoms with Crippen molar-refractivity contribution in [2.24, 2.45) is 0 Å². The Hall–Kier alpha value is -1.55. The van der Waals surface area contributed by atoms with E-state index in [4.69, 9.17) is 9.47 Å². The molecule has 0 bridgehead atoms. The number of rotatable bonds is 5. The molecule has 2 aromatic rings. The molecule has 0 spiro atoms. The maximum atomic E-state index is 5.22. The molecule has 0 radical (unpaired) electrons. The number of pyridine rings is 1. The fourth-order valence-electron chi connectivity index (χ4n) is 1.83. The maximum absolute atomic E-state index is 5.22. The number of aryl methyl sites for hydroxylation is 1. The van der Waals surface area contributed by atoms with E-state index in [1.807, 2.05) is 12.1 Å². The molecule has 0 aliphatic heterocycles. The molecule has 0 fully saturated rings. The number of nitrogens with zero attached hydrogens (tertiary/aromatic N) is 2. The molecule has 0 aromatic carbocycles. The van der Waals surface area contributed by atoms with Crippen LogP contribution < -0.4 is 4.74 Å². The average Bonchev–Trinajstić information content (AvgIpc) is 2.73. The molecule has 0 saturated heterocycles. The number of hydrogen-bond donors (Lipinski definition) is 0. The van der Waals surface area contributed by atoms with Gasteiger partial charge >= 0.3 is 0 Å². The van der Waals surface area contributed by atoms with E-state index in [-0.39, 0.29) is 0 Å². The lowest BCUT2D eigenvalue weighted by molar-refractivity contribution is 0.190. The highest BCUT2D eigenvalue weighted by Crippen LogP contribution is 2.23. The molecule has 0 aliphatic carbocycles. The Balaban J connectivity index is 2.27. The zero-order chi connectivity index (χ0) is 11.4. The number of aromatic nitrogens is 2. The van der Waals surface area contributed by atoms with Crippen LogP contribution in [0.4, 0.5) is 0 Å². The topological polar surface area (TPSA) is 36.3 Å². The lowest BCUT2D eigenvalue weighted by Crippen LogP contribution is -2.00. The van der Waals surface area contributed by atoms with Crippen molar-refractivity contribution in [2.75, 3.05) is 20.8 Å². The van der Waals surface area contributed by atoms with Gasteiger partial charge < -0.3 is 14.0 Å². The van der Waals surface area contributed by atoms with Gasteiger partial charge in [0.25, 0.3) is 0 Å². The third-order valence-corrected chi connectivity index (χ3v) is 2.60. The molecular weight excluding hydrogens is 204 g/mol.